The largest absolute Gasteiger partial charge is 0.360 e. The molecule has 0 unspecified atom stereocenters. The first-order valence-electron chi connectivity index (χ1n) is 6.69. The second-order valence-corrected chi connectivity index (χ2v) is 4.66. The number of rotatable bonds is 5. The predicted molar refractivity (Wildman–Crippen MR) is 84.7 cm³/mol. The Balaban J connectivity index is 2.38. The fourth-order valence-electron chi connectivity index (χ4n) is 1.71. The van der Waals surface area contributed by atoms with Crippen molar-refractivity contribution < 1.29 is 14.4 Å². The van der Waals surface area contributed by atoms with E-state index in [0.29, 0.717) is 11.1 Å². The lowest BCUT2D eigenvalue weighted by molar-refractivity contribution is -0.138. The average molecular weight is 293 g/mol. The van der Waals surface area contributed by atoms with Crippen molar-refractivity contribution in [3.05, 3.63) is 83.9 Å². The number of hydrogen-bond donors (Lipinski definition) is 0. The minimum Gasteiger partial charge on any atom is -0.312 e. The van der Waals surface area contributed by atoms with Gasteiger partial charge in [0.15, 0.2) is 5.71 Å². The maximum Gasteiger partial charge on any atom is 0.360 e. The van der Waals surface area contributed by atoms with Crippen molar-refractivity contribution in [1.29, 1.82) is 0 Å². The minimum absolute atomic E-state index is 0.0707. The van der Waals surface area contributed by atoms with Gasteiger partial charge in [-0.15, -0.1) is 0 Å². The summed E-state index contributed by atoms with van der Waals surface area (Å²) in [6.45, 7) is 4.99. The summed E-state index contributed by atoms with van der Waals surface area (Å²) in [5, 5.41) is 3.75. The topological polar surface area (TPSA) is 55.7 Å². The standard InChI is InChI=1S/C18H15NO3/c1-13(2)18(21)22-19-16(14-9-5-3-6-10-14)17(20)15-11-7-4-8-12-15/h3-12H,1H2,2H3/b19-16+. The Morgan fingerprint density at radius 3 is 1.91 bits per heavy atom. The summed E-state index contributed by atoms with van der Waals surface area (Å²) in [7, 11) is 0. The summed E-state index contributed by atoms with van der Waals surface area (Å²) in [5.41, 5.74) is 1.33. The lowest BCUT2D eigenvalue weighted by Gasteiger charge is -2.05. The van der Waals surface area contributed by atoms with Crippen LogP contribution in [-0.2, 0) is 9.63 Å². The minimum atomic E-state index is -0.672. The van der Waals surface area contributed by atoms with Gasteiger partial charge >= 0.3 is 5.97 Å². The number of benzene rings is 2. The van der Waals surface area contributed by atoms with Crippen LogP contribution in [0.4, 0.5) is 0 Å². The van der Waals surface area contributed by atoms with Crippen LogP contribution in [0.3, 0.4) is 0 Å². The molecule has 2 aromatic carbocycles. The second kappa shape index (κ2) is 7.13. The zero-order chi connectivity index (χ0) is 15.9. The number of Topliss-reactive ketones (excluding diaryl/α,β-unsaturated/α-hetero) is 1. The highest BCUT2D eigenvalue weighted by atomic mass is 16.7. The van der Waals surface area contributed by atoms with Gasteiger partial charge in [0, 0.05) is 16.7 Å². The van der Waals surface area contributed by atoms with Crippen LogP contribution in [0.25, 0.3) is 0 Å². The molecule has 0 radical (unpaired) electrons. The van der Waals surface area contributed by atoms with Gasteiger partial charge in [0.25, 0.3) is 0 Å². The molecule has 0 aliphatic heterocycles. The molecule has 2 rings (SSSR count). The summed E-state index contributed by atoms with van der Waals surface area (Å²) in [5.74, 6) is -0.990. The Bertz CT molecular complexity index is 719. The van der Waals surface area contributed by atoms with E-state index in [9.17, 15) is 9.59 Å². The SMILES string of the molecule is C=C(C)C(=O)O/N=C(/C(=O)c1ccccc1)c1ccccc1. The molecule has 0 aliphatic carbocycles. The van der Waals surface area contributed by atoms with E-state index in [2.05, 4.69) is 11.7 Å². The van der Waals surface area contributed by atoms with Gasteiger partial charge in [0.1, 0.15) is 0 Å². The van der Waals surface area contributed by atoms with Crippen molar-refractivity contribution in [1.82, 2.24) is 0 Å². The van der Waals surface area contributed by atoms with Crippen molar-refractivity contribution in [3.63, 3.8) is 0 Å². The fourth-order valence-corrected chi connectivity index (χ4v) is 1.71. The molecule has 0 N–H and O–H groups in total. The molecule has 0 fully saturated rings. The van der Waals surface area contributed by atoms with Gasteiger partial charge in [0.05, 0.1) is 0 Å². The van der Waals surface area contributed by atoms with E-state index < -0.39 is 5.97 Å². The molecule has 4 heteroatoms. The van der Waals surface area contributed by atoms with Crippen LogP contribution in [0.15, 0.2) is 78.0 Å². The van der Waals surface area contributed by atoms with E-state index in [1.807, 2.05) is 12.1 Å². The molecular formula is C18H15NO3. The molecule has 0 aliphatic rings. The molecule has 0 saturated carbocycles. The average Bonchev–Trinajstić information content (AvgIpc) is 2.56. The van der Waals surface area contributed by atoms with Crippen LogP contribution in [0.5, 0.6) is 0 Å². The monoisotopic (exact) mass is 293 g/mol. The first-order chi connectivity index (χ1) is 10.6. The molecule has 0 amide bonds. The van der Waals surface area contributed by atoms with E-state index in [0.717, 1.165) is 0 Å². The second-order valence-electron chi connectivity index (χ2n) is 4.66. The van der Waals surface area contributed by atoms with Gasteiger partial charge < -0.3 is 4.84 Å². The first-order valence-corrected chi connectivity index (χ1v) is 6.69. The number of carbonyl (C=O) groups is 2. The summed E-state index contributed by atoms with van der Waals surface area (Å²) < 4.78 is 0. The van der Waals surface area contributed by atoms with E-state index in [-0.39, 0.29) is 17.1 Å². The van der Waals surface area contributed by atoms with Crippen molar-refractivity contribution in [2.45, 2.75) is 6.92 Å². The Labute approximate surface area is 128 Å². The number of oxime groups is 1. The molecule has 4 nitrogen and oxygen atoms in total. The van der Waals surface area contributed by atoms with Crippen LogP contribution in [0.1, 0.15) is 22.8 Å². The van der Waals surface area contributed by atoms with Crippen molar-refractivity contribution in [2.75, 3.05) is 0 Å². The molecule has 0 bridgehead atoms. The van der Waals surface area contributed by atoms with Crippen molar-refractivity contribution >= 4 is 17.5 Å². The van der Waals surface area contributed by atoms with Gasteiger partial charge in [-0.05, 0) is 6.92 Å². The summed E-state index contributed by atoms with van der Waals surface area (Å²) >= 11 is 0. The molecule has 2 aromatic rings. The zero-order valence-corrected chi connectivity index (χ0v) is 12.2. The highest BCUT2D eigenvalue weighted by molar-refractivity contribution is 6.51. The van der Waals surface area contributed by atoms with E-state index in [4.69, 9.17) is 4.84 Å². The highest BCUT2D eigenvalue weighted by Crippen LogP contribution is 2.10. The van der Waals surface area contributed by atoms with Crippen LogP contribution >= 0.6 is 0 Å². The van der Waals surface area contributed by atoms with Crippen molar-refractivity contribution in [3.8, 4) is 0 Å². The quantitative estimate of drug-likeness (QED) is 0.279. The highest BCUT2D eigenvalue weighted by Gasteiger charge is 2.17. The summed E-state index contributed by atoms with van der Waals surface area (Å²) in [6, 6.07) is 17.6. The maximum absolute atomic E-state index is 12.6. The Kier molecular flexibility index (Phi) is 4.98. The smallest absolute Gasteiger partial charge is 0.312 e. The normalized spacial score (nSPS) is 10.9. The van der Waals surface area contributed by atoms with Crippen LogP contribution in [0.2, 0.25) is 0 Å². The van der Waals surface area contributed by atoms with Crippen LogP contribution < -0.4 is 0 Å². The van der Waals surface area contributed by atoms with Gasteiger partial charge in [0.2, 0.25) is 5.78 Å². The third kappa shape index (κ3) is 3.76. The van der Waals surface area contributed by atoms with Crippen molar-refractivity contribution in [2.24, 2.45) is 5.16 Å². The third-order valence-corrected chi connectivity index (χ3v) is 2.87. The number of ketones is 1. The Hall–Kier alpha value is -3.01. The Morgan fingerprint density at radius 2 is 1.41 bits per heavy atom. The molecule has 0 aromatic heterocycles. The van der Waals surface area contributed by atoms with E-state index in [1.165, 1.54) is 6.92 Å². The first kappa shape index (κ1) is 15.4. The van der Waals surface area contributed by atoms with E-state index in [1.54, 1.807) is 48.5 Å². The van der Waals surface area contributed by atoms with Gasteiger partial charge in [-0.25, -0.2) is 4.79 Å². The zero-order valence-electron chi connectivity index (χ0n) is 12.2. The molecule has 0 heterocycles. The van der Waals surface area contributed by atoms with E-state index >= 15 is 0 Å². The third-order valence-electron chi connectivity index (χ3n) is 2.87. The maximum atomic E-state index is 12.6. The molecule has 0 saturated heterocycles. The van der Waals surface area contributed by atoms with Gasteiger partial charge in [-0.1, -0.05) is 72.4 Å². The molecule has 110 valence electrons. The number of nitrogens with zero attached hydrogens (tertiary/aromatic N) is 1. The van der Waals surface area contributed by atoms with Gasteiger partial charge in [-0.2, -0.15) is 0 Å². The fraction of sp³-hybridized carbons (Fsp3) is 0.0556. The van der Waals surface area contributed by atoms with Crippen LogP contribution in [0, 0.1) is 0 Å². The number of hydrogen-bond acceptors (Lipinski definition) is 4. The molecule has 22 heavy (non-hydrogen) atoms. The Morgan fingerprint density at radius 1 is 0.909 bits per heavy atom. The van der Waals surface area contributed by atoms with Crippen LogP contribution in [-0.4, -0.2) is 17.5 Å². The molecule has 0 atom stereocenters. The molecular weight excluding hydrogens is 278 g/mol. The summed E-state index contributed by atoms with van der Waals surface area (Å²) in [6.07, 6.45) is 0. The lowest BCUT2D eigenvalue weighted by Crippen LogP contribution is -2.17. The predicted octanol–water partition coefficient (Wildman–Crippen LogP) is 3.39. The van der Waals surface area contributed by atoms with Gasteiger partial charge in [-0.3, -0.25) is 4.79 Å². The number of carbonyl (C=O) groups excluding carboxylic acids is 2. The summed E-state index contributed by atoms with van der Waals surface area (Å²) in [4.78, 5) is 28.9. The lowest BCUT2D eigenvalue weighted by atomic mass is 10.0. The molecule has 0 spiro atoms.